The lowest BCUT2D eigenvalue weighted by molar-refractivity contribution is 1.17. The maximum atomic E-state index is 2.39. The molecule has 0 bridgehead atoms. The Balaban J connectivity index is 1.05. The average molecular weight is 713 g/mol. The Hall–Kier alpha value is -7.42. The predicted molar refractivity (Wildman–Crippen MR) is 239 cm³/mol. The van der Waals surface area contributed by atoms with E-state index in [9.17, 15) is 0 Å². The highest BCUT2D eigenvalue weighted by molar-refractivity contribution is 6.25. The lowest BCUT2D eigenvalue weighted by Gasteiger charge is -2.27. The number of benzene rings is 10. The van der Waals surface area contributed by atoms with Gasteiger partial charge in [0, 0.05) is 33.5 Å². The molecule has 0 fully saturated rings. The van der Waals surface area contributed by atoms with Gasteiger partial charge < -0.3 is 9.47 Å². The Bertz CT molecular complexity index is 3120. The SMILES string of the molecule is c1ccc(-c2ccc(-c3ccc(N(c4ccc(-n5c6ccccc6c6ccccc65)cc4)c4ccc5c6ccccc6c6ccccc6c5c4)cc3)cc2)cc1. The van der Waals surface area contributed by atoms with Crippen LogP contribution in [-0.2, 0) is 0 Å². The normalized spacial score (nSPS) is 11.6. The number of hydrogen-bond donors (Lipinski definition) is 0. The molecule has 0 saturated heterocycles. The first-order chi connectivity index (χ1) is 27.8. The Morgan fingerprint density at radius 1 is 0.250 bits per heavy atom. The van der Waals surface area contributed by atoms with Crippen LogP contribution < -0.4 is 4.90 Å². The van der Waals surface area contributed by atoms with Crippen molar-refractivity contribution >= 4 is 71.2 Å². The summed E-state index contributed by atoms with van der Waals surface area (Å²) in [5.74, 6) is 0. The number of anilines is 3. The van der Waals surface area contributed by atoms with Crippen LogP contribution in [0.2, 0.25) is 0 Å². The molecular weight excluding hydrogens is 677 g/mol. The van der Waals surface area contributed by atoms with Gasteiger partial charge in [-0.05, 0) is 115 Å². The summed E-state index contributed by atoms with van der Waals surface area (Å²) in [6, 6.07) is 79.4. The van der Waals surface area contributed by atoms with Gasteiger partial charge in [-0.2, -0.15) is 0 Å². The second-order valence-electron chi connectivity index (χ2n) is 14.5. The third kappa shape index (κ3) is 5.26. The summed E-state index contributed by atoms with van der Waals surface area (Å²) in [4.78, 5) is 2.39. The number of aromatic nitrogens is 1. The van der Waals surface area contributed by atoms with E-state index in [0.29, 0.717) is 0 Å². The molecular formula is C54H36N2. The summed E-state index contributed by atoms with van der Waals surface area (Å²) < 4.78 is 2.38. The molecule has 0 saturated carbocycles. The van der Waals surface area contributed by atoms with Crippen LogP contribution in [0.1, 0.15) is 0 Å². The maximum Gasteiger partial charge on any atom is 0.0541 e. The molecule has 1 aromatic heterocycles. The highest BCUT2D eigenvalue weighted by Crippen LogP contribution is 2.42. The van der Waals surface area contributed by atoms with Crippen molar-refractivity contribution in [3.63, 3.8) is 0 Å². The van der Waals surface area contributed by atoms with Crippen LogP contribution in [0.4, 0.5) is 17.1 Å². The van der Waals surface area contributed by atoms with Crippen LogP contribution in [0.5, 0.6) is 0 Å². The monoisotopic (exact) mass is 712 g/mol. The zero-order valence-corrected chi connectivity index (χ0v) is 30.7. The number of para-hydroxylation sites is 2. The van der Waals surface area contributed by atoms with E-state index < -0.39 is 0 Å². The molecule has 11 aromatic rings. The first-order valence-corrected chi connectivity index (χ1v) is 19.3. The summed E-state index contributed by atoms with van der Waals surface area (Å²) in [6.45, 7) is 0. The maximum absolute atomic E-state index is 2.39. The molecule has 11 rings (SSSR count). The van der Waals surface area contributed by atoms with Crippen molar-refractivity contribution in [3.05, 3.63) is 218 Å². The van der Waals surface area contributed by atoms with Gasteiger partial charge in [0.1, 0.15) is 0 Å². The minimum atomic E-state index is 1.10. The summed E-state index contributed by atoms with van der Waals surface area (Å²) in [6.07, 6.45) is 0. The third-order valence-corrected chi connectivity index (χ3v) is 11.4. The first-order valence-electron chi connectivity index (χ1n) is 19.3. The van der Waals surface area contributed by atoms with Gasteiger partial charge in [0.05, 0.1) is 11.0 Å². The van der Waals surface area contributed by atoms with Gasteiger partial charge in [-0.25, -0.2) is 0 Å². The van der Waals surface area contributed by atoms with Gasteiger partial charge in [0.25, 0.3) is 0 Å². The molecule has 0 atom stereocenters. The minimum absolute atomic E-state index is 1.10. The molecule has 0 radical (unpaired) electrons. The largest absolute Gasteiger partial charge is 0.310 e. The van der Waals surface area contributed by atoms with Crippen LogP contribution in [0.15, 0.2) is 218 Å². The topological polar surface area (TPSA) is 8.17 Å². The van der Waals surface area contributed by atoms with Crippen LogP contribution >= 0.6 is 0 Å². The zero-order valence-electron chi connectivity index (χ0n) is 30.7. The van der Waals surface area contributed by atoms with E-state index in [1.807, 2.05) is 0 Å². The van der Waals surface area contributed by atoms with Crippen molar-refractivity contribution < 1.29 is 0 Å². The molecule has 56 heavy (non-hydrogen) atoms. The summed E-state index contributed by atoms with van der Waals surface area (Å²) in [5.41, 5.74) is 11.7. The van der Waals surface area contributed by atoms with Gasteiger partial charge in [0.15, 0.2) is 0 Å². The zero-order chi connectivity index (χ0) is 37.0. The Kier molecular flexibility index (Phi) is 7.53. The smallest absolute Gasteiger partial charge is 0.0541 e. The molecule has 0 unspecified atom stereocenters. The molecule has 0 amide bonds. The van der Waals surface area contributed by atoms with E-state index >= 15 is 0 Å². The molecule has 262 valence electrons. The van der Waals surface area contributed by atoms with Crippen LogP contribution in [0, 0.1) is 0 Å². The second kappa shape index (κ2) is 13.2. The fourth-order valence-electron chi connectivity index (χ4n) is 8.72. The standard InChI is InChI=1S/C54H36N2/c1-2-12-37(13-3-1)38-22-24-39(25-23-38)40-26-28-41(29-27-40)55(44-34-35-49-47-16-5-4-14-45(47)46-15-6-7-17-48(46)52(49)36-44)42-30-32-43(33-31-42)56-53-20-10-8-18-50(53)51-19-9-11-21-54(51)56/h1-36H. The fraction of sp³-hybridized carbons (Fsp3) is 0. The molecule has 0 aliphatic heterocycles. The van der Waals surface area contributed by atoms with Gasteiger partial charge in [-0.15, -0.1) is 0 Å². The van der Waals surface area contributed by atoms with Gasteiger partial charge >= 0.3 is 0 Å². The quantitative estimate of drug-likeness (QED) is 0.156. The van der Waals surface area contributed by atoms with Gasteiger partial charge in [0.2, 0.25) is 0 Å². The second-order valence-corrected chi connectivity index (χ2v) is 14.5. The molecule has 0 aliphatic rings. The molecule has 0 aliphatic carbocycles. The Morgan fingerprint density at radius 2 is 0.607 bits per heavy atom. The number of hydrogen-bond acceptors (Lipinski definition) is 1. The number of rotatable bonds is 6. The highest BCUT2D eigenvalue weighted by atomic mass is 15.1. The van der Waals surface area contributed by atoms with Crippen molar-refractivity contribution in [1.29, 1.82) is 0 Å². The lowest BCUT2D eigenvalue weighted by Crippen LogP contribution is -2.10. The molecule has 2 heteroatoms. The summed E-state index contributed by atoms with van der Waals surface area (Å²) >= 11 is 0. The molecule has 0 spiro atoms. The lowest BCUT2D eigenvalue weighted by atomic mass is 9.94. The van der Waals surface area contributed by atoms with Crippen molar-refractivity contribution in [2.45, 2.75) is 0 Å². The fourth-order valence-corrected chi connectivity index (χ4v) is 8.72. The van der Waals surface area contributed by atoms with Gasteiger partial charge in [-0.3, -0.25) is 0 Å². The average Bonchev–Trinajstić information content (AvgIpc) is 3.62. The summed E-state index contributed by atoms with van der Waals surface area (Å²) in [5, 5.41) is 10.1. The predicted octanol–water partition coefficient (Wildman–Crippen LogP) is 15.0. The Morgan fingerprint density at radius 3 is 1.12 bits per heavy atom. The van der Waals surface area contributed by atoms with E-state index in [1.165, 1.54) is 76.4 Å². The molecule has 2 nitrogen and oxygen atoms in total. The van der Waals surface area contributed by atoms with E-state index in [2.05, 4.69) is 228 Å². The van der Waals surface area contributed by atoms with Crippen molar-refractivity contribution in [1.82, 2.24) is 4.57 Å². The van der Waals surface area contributed by atoms with E-state index in [0.717, 1.165) is 22.7 Å². The van der Waals surface area contributed by atoms with Crippen molar-refractivity contribution in [3.8, 4) is 27.9 Å². The van der Waals surface area contributed by atoms with E-state index in [4.69, 9.17) is 0 Å². The minimum Gasteiger partial charge on any atom is -0.310 e. The van der Waals surface area contributed by atoms with E-state index in [-0.39, 0.29) is 0 Å². The van der Waals surface area contributed by atoms with E-state index in [1.54, 1.807) is 0 Å². The first kappa shape index (κ1) is 32.0. The number of fused-ring (bicyclic) bond motifs is 9. The Labute approximate surface area is 325 Å². The van der Waals surface area contributed by atoms with Crippen LogP contribution in [0.25, 0.3) is 82.1 Å². The molecule has 1 heterocycles. The highest BCUT2D eigenvalue weighted by Gasteiger charge is 2.17. The summed E-state index contributed by atoms with van der Waals surface area (Å²) in [7, 11) is 0. The van der Waals surface area contributed by atoms with Crippen LogP contribution in [0.3, 0.4) is 0 Å². The third-order valence-electron chi connectivity index (χ3n) is 11.4. The molecule has 0 N–H and O–H groups in total. The number of nitrogens with zero attached hydrogens (tertiary/aromatic N) is 2. The van der Waals surface area contributed by atoms with Gasteiger partial charge in [-0.1, -0.05) is 158 Å². The van der Waals surface area contributed by atoms with Crippen molar-refractivity contribution in [2.75, 3.05) is 4.90 Å². The molecule has 10 aromatic carbocycles. The van der Waals surface area contributed by atoms with Crippen molar-refractivity contribution in [2.24, 2.45) is 0 Å². The van der Waals surface area contributed by atoms with Crippen LogP contribution in [-0.4, -0.2) is 4.57 Å².